The maximum atomic E-state index is 6.05. The van der Waals surface area contributed by atoms with Gasteiger partial charge in [-0.3, -0.25) is 0 Å². The summed E-state index contributed by atoms with van der Waals surface area (Å²) in [4.78, 5) is 8.29. The molecular formula is C14H19N5O. The third-order valence-electron chi connectivity index (χ3n) is 2.80. The van der Waals surface area contributed by atoms with Gasteiger partial charge in [-0.2, -0.15) is 0 Å². The Morgan fingerprint density at radius 3 is 2.55 bits per heavy atom. The molecule has 0 fully saturated rings. The molecule has 2 aromatic rings. The minimum atomic E-state index is 0.490. The predicted octanol–water partition coefficient (Wildman–Crippen LogP) is 2.17. The van der Waals surface area contributed by atoms with Crippen molar-refractivity contribution in [2.75, 3.05) is 36.6 Å². The van der Waals surface area contributed by atoms with E-state index in [2.05, 4.69) is 20.6 Å². The quantitative estimate of drug-likeness (QED) is 0.699. The number of aromatic nitrogens is 2. The molecular weight excluding hydrogens is 254 g/mol. The monoisotopic (exact) mass is 273 g/mol. The summed E-state index contributed by atoms with van der Waals surface area (Å²) in [6, 6.07) is 8.01. The van der Waals surface area contributed by atoms with E-state index in [1.165, 1.54) is 11.9 Å². The standard InChI is InChI=1S/C14H19N5O/c1-10-3-5-11(6-4-10)19-14-12(15)13(17-9-18-14)16-7-8-20-2/h3-6,9H,7-8,15H2,1-2H3,(H2,16,17,18,19). The van der Waals surface area contributed by atoms with Gasteiger partial charge < -0.3 is 21.1 Å². The Hall–Kier alpha value is -2.34. The first-order valence-corrected chi connectivity index (χ1v) is 6.37. The lowest BCUT2D eigenvalue weighted by Gasteiger charge is -2.12. The molecule has 0 atom stereocenters. The van der Waals surface area contributed by atoms with Gasteiger partial charge in [-0.1, -0.05) is 17.7 Å². The second-order valence-electron chi connectivity index (χ2n) is 4.40. The van der Waals surface area contributed by atoms with Gasteiger partial charge >= 0.3 is 0 Å². The lowest BCUT2D eigenvalue weighted by atomic mass is 10.2. The fourth-order valence-corrected chi connectivity index (χ4v) is 1.68. The van der Waals surface area contributed by atoms with E-state index in [0.717, 1.165) is 5.69 Å². The molecule has 0 aliphatic carbocycles. The minimum Gasteiger partial charge on any atom is -0.393 e. The first-order chi connectivity index (χ1) is 9.70. The molecule has 6 heteroatoms. The van der Waals surface area contributed by atoms with Crippen molar-refractivity contribution < 1.29 is 4.74 Å². The zero-order valence-electron chi connectivity index (χ0n) is 11.7. The van der Waals surface area contributed by atoms with Gasteiger partial charge in [0.2, 0.25) is 0 Å². The molecule has 0 unspecified atom stereocenters. The average molecular weight is 273 g/mol. The molecule has 1 heterocycles. The first kappa shape index (κ1) is 14.1. The van der Waals surface area contributed by atoms with Crippen molar-refractivity contribution >= 4 is 23.0 Å². The highest BCUT2D eigenvalue weighted by Gasteiger charge is 2.07. The summed E-state index contributed by atoms with van der Waals surface area (Å²) in [5, 5.41) is 6.29. The molecule has 6 nitrogen and oxygen atoms in total. The Labute approximate surface area is 118 Å². The van der Waals surface area contributed by atoms with E-state index in [1.54, 1.807) is 7.11 Å². The number of rotatable bonds is 6. The molecule has 0 saturated carbocycles. The maximum absolute atomic E-state index is 6.05. The molecule has 0 aliphatic heterocycles. The van der Waals surface area contributed by atoms with Crippen LogP contribution in [-0.4, -0.2) is 30.2 Å². The van der Waals surface area contributed by atoms with Crippen molar-refractivity contribution in [3.8, 4) is 0 Å². The van der Waals surface area contributed by atoms with Crippen molar-refractivity contribution in [2.24, 2.45) is 0 Å². The maximum Gasteiger partial charge on any atom is 0.159 e. The minimum absolute atomic E-state index is 0.490. The second kappa shape index (κ2) is 6.72. The molecule has 0 amide bonds. The number of nitrogens with two attached hydrogens (primary N) is 1. The van der Waals surface area contributed by atoms with Gasteiger partial charge in [-0.05, 0) is 19.1 Å². The number of nitrogen functional groups attached to an aromatic ring is 1. The van der Waals surface area contributed by atoms with Gasteiger partial charge in [0.25, 0.3) is 0 Å². The molecule has 0 aliphatic rings. The molecule has 1 aromatic heterocycles. The van der Waals surface area contributed by atoms with Crippen LogP contribution >= 0.6 is 0 Å². The van der Waals surface area contributed by atoms with Gasteiger partial charge in [0.1, 0.15) is 12.0 Å². The molecule has 0 radical (unpaired) electrons. The highest BCUT2D eigenvalue weighted by atomic mass is 16.5. The Morgan fingerprint density at radius 2 is 1.85 bits per heavy atom. The van der Waals surface area contributed by atoms with Crippen LogP contribution < -0.4 is 16.4 Å². The smallest absolute Gasteiger partial charge is 0.159 e. The van der Waals surface area contributed by atoms with Crippen LogP contribution in [0, 0.1) is 6.92 Å². The van der Waals surface area contributed by atoms with Crippen LogP contribution in [0.1, 0.15) is 5.56 Å². The fourth-order valence-electron chi connectivity index (χ4n) is 1.68. The lowest BCUT2D eigenvalue weighted by molar-refractivity contribution is 0.210. The van der Waals surface area contributed by atoms with Crippen molar-refractivity contribution in [1.82, 2.24) is 9.97 Å². The van der Waals surface area contributed by atoms with E-state index in [1.807, 2.05) is 31.2 Å². The number of nitrogens with zero attached hydrogens (tertiary/aromatic N) is 2. The molecule has 20 heavy (non-hydrogen) atoms. The summed E-state index contributed by atoms with van der Waals surface area (Å²) in [6.07, 6.45) is 1.47. The van der Waals surface area contributed by atoms with Crippen molar-refractivity contribution in [2.45, 2.75) is 6.92 Å². The third kappa shape index (κ3) is 3.58. The zero-order chi connectivity index (χ0) is 14.4. The topological polar surface area (TPSA) is 85.1 Å². The highest BCUT2D eigenvalue weighted by Crippen LogP contribution is 2.25. The Balaban J connectivity index is 2.11. The fraction of sp³-hybridized carbons (Fsp3) is 0.286. The van der Waals surface area contributed by atoms with Gasteiger partial charge in [-0.25, -0.2) is 9.97 Å². The van der Waals surface area contributed by atoms with Crippen LogP contribution in [0.5, 0.6) is 0 Å². The summed E-state index contributed by atoms with van der Waals surface area (Å²) in [7, 11) is 1.65. The summed E-state index contributed by atoms with van der Waals surface area (Å²) < 4.78 is 4.98. The average Bonchev–Trinajstić information content (AvgIpc) is 2.45. The number of aryl methyl sites for hydroxylation is 1. The molecule has 0 spiro atoms. The summed E-state index contributed by atoms with van der Waals surface area (Å²) in [6.45, 7) is 3.27. The number of benzene rings is 1. The SMILES string of the molecule is COCCNc1ncnc(Nc2ccc(C)cc2)c1N. The van der Waals surface area contributed by atoms with Crippen LogP contribution in [-0.2, 0) is 4.74 Å². The lowest BCUT2D eigenvalue weighted by Crippen LogP contribution is -2.12. The molecule has 106 valence electrons. The second-order valence-corrected chi connectivity index (χ2v) is 4.40. The Kier molecular flexibility index (Phi) is 4.73. The number of hydrogen-bond donors (Lipinski definition) is 3. The number of anilines is 4. The summed E-state index contributed by atoms with van der Waals surface area (Å²) in [5.41, 5.74) is 8.68. The van der Waals surface area contributed by atoms with Crippen molar-refractivity contribution in [1.29, 1.82) is 0 Å². The van der Waals surface area contributed by atoms with Crippen LogP contribution in [0.4, 0.5) is 23.0 Å². The number of hydrogen-bond acceptors (Lipinski definition) is 6. The summed E-state index contributed by atoms with van der Waals surface area (Å²) in [5.74, 6) is 1.19. The van der Waals surface area contributed by atoms with E-state index >= 15 is 0 Å². The van der Waals surface area contributed by atoms with Gasteiger partial charge in [-0.15, -0.1) is 0 Å². The normalized spacial score (nSPS) is 10.3. The molecule has 1 aromatic carbocycles. The van der Waals surface area contributed by atoms with E-state index in [-0.39, 0.29) is 0 Å². The Bertz CT molecular complexity index is 556. The van der Waals surface area contributed by atoms with Gasteiger partial charge in [0.15, 0.2) is 11.6 Å². The van der Waals surface area contributed by atoms with E-state index in [0.29, 0.717) is 30.5 Å². The molecule has 4 N–H and O–H groups in total. The molecule has 0 saturated heterocycles. The van der Waals surface area contributed by atoms with Crippen LogP contribution in [0.2, 0.25) is 0 Å². The van der Waals surface area contributed by atoms with Crippen LogP contribution in [0.15, 0.2) is 30.6 Å². The largest absolute Gasteiger partial charge is 0.393 e. The highest BCUT2D eigenvalue weighted by molar-refractivity contribution is 5.77. The summed E-state index contributed by atoms with van der Waals surface area (Å²) >= 11 is 0. The van der Waals surface area contributed by atoms with Crippen LogP contribution in [0.25, 0.3) is 0 Å². The van der Waals surface area contributed by atoms with Crippen molar-refractivity contribution in [3.05, 3.63) is 36.2 Å². The number of nitrogens with one attached hydrogen (secondary N) is 2. The van der Waals surface area contributed by atoms with Crippen molar-refractivity contribution in [3.63, 3.8) is 0 Å². The number of methoxy groups -OCH3 is 1. The third-order valence-corrected chi connectivity index (χ3v) is 2.80. The molecule has 2 rings (SSSR count). The van der Waals surface area contributed by atoms with Gasteiger partial charge in [0, 0.05) is 19.3 Å². The van der Waals surface area contributed by atoms with E-state index < -0.39 is 0 Å². The van der Waals surface area contributed by atoms with Gasteiger partial charge in [0.05, 0.1) is 6.61 Å². The molecule has 0 bridgehead atoms. The van der Waals surface area contributed by atoms with Crippen LogP contribution in [0.3, 0.4) is 0 Å². The predicted molar refractivity (Wildman–Crippen MR) is 81.3 cm³/mol. The Morgan fingerprint density at radius 1 is 1.15 bits per heavy atom. The first-order valence-electron chi connectivity index (χ1n) is 6.37. The zero-order valence-corrected chi connectivity index (χ0v) is 11.7. The van der Waals surface area contributed by atoms with E-state index in [4.69, 9.17) is 10.5 Å². The number of ether oxygens (including phenoxy) is 1. The van der Waals surface area contributed by atoms with E-state index in [9.17, 15) is 0 Å².